The van der Waals surface area contributed by atoms with E-state index >= 15 is 0 Å². The van der Waals surface area contributed by atoms with Crippen LogP contribution in [-0.4, -0.2) is 118 Å². The third-order valence-corrected chi connectivity index (χ3v) is 17.2. The van der Waals surface area contributed by atoms with Crippen LogP contribution in [0.15, 0.2) is 95.4 Å². The van der Waals surface area contributed by atoms with Gasteiger partial charge < -0.3 is 4.42 Å². The van der Waals surface area contributed by atoms with Crippen LogP contribution in [0.4, 0.5) is 0 Å². The van der Waals surface area contributed by atoms with E-state index in [9.17, 15) is 0 Å². The van der Waals surface area contributed by atoms with Crippen molar-refractivity contribution in [2.75, 3.05) is 0 Å². The highest BCUT2D eigenvalue weighted by molar-refractivity contribution is 6.75. The van der Waals surface area contributed by atoms with Gasteiger partial charge in [0.1, 0.15) is 129 Å². The summed E-state index contributed by atoms with van der Waals surface area (Å²) in [4.78, 5) is 0. The molecule has 11 aromatic rings. The predicted molar refractivity (Wildman–Crippen MR) is 340 cm³/mol. The molecule has 0 saturated carbocycles. The summed E-state index contributed by atoms with van der Waals surface area (Å²) in [5.74, 6) is 0. The molecule has 0 aliphatic rings. The van der Waals surface area contributed by atoms with Gasteiger partial charge in [-0.1, -0.05) is 104 Å². The Hall–Kier alpha value is -5.73. The molecule has 0 amide bonds. The maximum atomic E-state index is 6.69. The van der Waals surface area contributed by atoms with Gasteiger partial charge in [0.05, 0.1) is 0 Å². The molecular weight excluding hydrogens is 779 g/mol. The predicted octanol–water partition coefficient (Wildman–Crippen LogP) is -11.8. The van der Waals surface area contributed by atoms with Crippen LogP contribution >= 0.6 is 0 Å². The number of rotatable bonds is 3. The zero-order chi connectivity index (χ0) is 46.5. The molecule has 0 atom stereocenters. The molecule has 0 unspecified atom stereocenters. The highest BCUT2D eigenvalue weighted by Crippen LogP contribution is 2.46. The molecule has 1 heterocycles. The zero-order valence-electron chi connectivity index (χ0n) is 41.6. The van der Waals surface area contributed by atoms with Crippen molar-refractivity contribution in [2.24, 2.45) is 0 Å². The van der Waals surface area contributed by atoms with Crippen LogP contribution in [0.3, 0.4) is 0 Å². The van der Waals surface area contributed by atoms with Crippen molar-refractivity contribution in [3.63, 3.8) is 0 Å². The van der Waals surface area contributed by atoms with Crippen LogP contribution in [0.1, 0.15) is 0 Å². The van der Waals surface area contributed by atoms with Gasteiger partial charge in [0.25, 0.3) is 0 Å². The fraction of sp³-hybridized carbons (Fsp3) is 0. The van der Waals surface area contributed by atoms with Crippen molar-refractivity contribution in [2.45, 2.75) is 0 Å². The molecule has 0 fully saturated rings. The average Bonchev–Trinajstić information content (AvgIpc) is 3.69. The van der Waals surface area contributed by atoms with Gasteiger partial charge in [-0.25, -0.2) is 0 Å². The van der Waals surface area contributed by atoms with Gasteiger partial charge in [0.15, 0.2) is 0 Å². The Balaban J connectivity index is 1.39. The van der Waals surface area contributed by atoms with E-state index in [-0.39, 0.29) is 0 Å². The second-order valence-electron chi connectivity index (χ2n) is 20.0. The minimum absolute atomic E-state index is 0.912. The second-order valence-corrected chi connectivity index (χ2v) is 20.0. The van der Waals surface area contributed by atoms with Crippen molar-refractivity contribution in [1.29, 1.82) is 0 Å². The molecule has 0 N–H and O–H groups in total. The molecular formula is C50H45B15O. The van der Waals surface area contributed by atoms with E-state index in [4.69, 9.17) is 4.42 Å². The van der Waals surface area contributed by atoms with Crippen LogP contribution in [0.5, 0.6) is 0 Å². The minimum atomic E-state index is 0.912. The molecule has 0 aliphatic carbocycles. The SMILES string of the molecule is Bc1c(B)c(B)c2c(-c3c4c(B)c(B)c(B)c(B)c4c(-c4cc(-c5cccc6oc7cc8ccccc8cc7c56)cc5ccccc45)c4c(B)c(B)c(B)c(B)c34)c(B)c(B)c(B)c2c1B. The normalized spacial score (nSPS) is 11.9. The topological polar surface area (TPSA) is 13.1 Å². The summed E-state index contributed by atoms with van der Waals surface area (Å²) in [6.07, 6.45) is 0. The fourth-order valence-electron chi connectivity index (χ4n) is 12.3. The first-order valence-electron chi connectivity index (χ1n) is 23.9. The summed E-state index contributed by atoms with van der Waals surface area (Å²) in [6, 6.07) is 33.7. The maximum absolute atomic E-state index is 6.69. The summed E-state index contributed by atoms with van der Waals surface area (Å²) < 4.78 is 6.69. The second kappa shape index (κ2) is 15.1. The molecule has 0 radical (unpaired) electrons. The molecule has 66 heavy (non-hydrogen) atoms. The largest absolute Gasteiger partial charge is 0.456 e. The lowest BCUT2D eigenvalue weighted by Gasteiger charge is -2.31. The molecule has 0 bridgehead atoms. The molecule has 0 spiro atoms. The van der Waals surface area contributed by atoms with E-state index < -0.39 is 0 Å². The van der Waals surface area contributed by atoms with E-state index in [0.29, 0.717) is 0 Å². The van der Waals surface area contributed by atoms with Crippen LogP contribution < -0.4 is 81.9 Å². The fourth-order valence-corrected chi connectivity index (χ4v) is 12.3. The third kappa shape index (κ3) is 5.75. The lowest BCUT2D eigenvalue weighted by atomic mass is 9.56. The van der Waals surface area contributed by atoms with Crippen molar-refractivity contribution < 1.29 is 4.42 Å². The minimum Gasteiger partial charge on any atom is -0.456 e. The monoisotopic (exact) mass is 826 g/mol. The zero-order valence-corrected chi connectivity index (χ0v) is 41.6. The molecule has 296 valence electrons. The Kier molecular flexibility index (Phi) is 9.84. The van der Waals surface area contributed by atoms with E-state index in [1.54, 1.807) is 0 Å². The molecule has 1 nitrogen and oxygen atoms in total. The van der Waals surface area contributed by atoms with Crippen LogP contribution in [-0.2, 0) is 0 Å². The Bertz CT molecular complexity index is 3970. The van der Waals surface area contributed by atoms with Gasteiger partial charge in [-0.2, -0.15) is 0 Å². The van der Waals surface area contributed by atoms with Gasteiger partial charge in [-0.15, -0.1) is 38.2 Å². The summed E-state index contributed by atoms with van der Waals surface area (Å²) in [6.45, 7) is 0. The Labute approximate surface area is 401 Å². The summed E-state index contributed by atoms with van der Waals surface area (Å²) >= 11 is 0. The van der Waals surface area contributed by atoms with Crippen LogP contribution in [0, 0.1) is 0 Å². The highest BCUT2D eigenvalue weighted by atomic mass is 16.3. The Morgan fingerprint density at radius 2 is 0.697 bits per heavy atom. The number of benzene rings is 10. The van der Waals surface area contributed by atoms with Crippen LogP contribution in [0.2, 0.25) is 0 Å². The van der Waals surface area contributed by atoms with Crippen molar-refractivity contribution >= 4 is 275 Å². The van der Waals surface area contributed by atoms with Gasteiger partial charge in [0, 0.05) is 10.8 Å². The van der Waals surface area contributed by atoms with E-state index in [2.05, 4.69) is 209 Å². The maximum Gasteiger partial charge on any atom is 0.139 e. The lowest BCUT2D eigenvalue weighted by molar-refractivity contribution is 0.669. The first kappa shape index (κ1) is 42.9. The number of hydrogen-bond donors (Lipinski definition) is 0. The molecule has 0 saturated heterocycles. The molecule has 1 aromatic heterocycles. The Morgan fingerprint density at radius 3 is 1.24 bits per heavy atom. The van der Waals surface area contributed by atoms with E-state index in [0.717, 1.165) is 21.9 Å². The van der Waals surface area contributed by atoms with Gasteiger partial charge in [-0.05, 0) is 118 Å². The number of hydrogen-bond acceptors (Lipinski definition) is 1. The van der Waals surface area contributed by atoms with Gasteiger partial charge in [-0.3, -0.25) is 0 Å². The van der Waals surface area contributed by atoms with E-state index in [1.807, 2.05) is 0 Å². The number of furan rings is 1. The summed E-state index contributed by atoms with van der Waals surface area (Å²) in [7, 11) is 35.5. The average molecular weight is 824 g/mol. The first-order chi connectivity index (χ1) is 31.5. The summed E-state index contributed by atoms with van der Waals surface area (Å²) in [5, 5.41) is 15.6. The first-order valence-corrected chi connectivity index (χ1v) is 23.9. The lowest BCUT2D eigenvalue weighted by Crippen LogP contribution is -2.53. The molecule has 11 rings (SSSR count). The quantitative estimate of drug-likeness (QED) is 0.128. The highest BCUT2D eigenvalue weighted by Gasteiger charge is 2.29. The van der Waals surface area contributed by atoms with Crippen molar-refractivity contribution in [1.82, 2.24) is 0 Å². The van der Waals surface area contributed by atoms with Gasteiger partial charge in [0.2, 0.25) is 0 Å². The molecule has 0 aliphatic heterocycles. The number of fused-ring (bicyclic) bond motifs is 8. The van der Waals surface area contributed by atoms with Crippen molar-refractivity contribution in [3.8, 4) is 33.4 Å². The van der Waals surface area contributed by atoms with Crippen molar-refractivity contribution in [3.05, 3.63) is 91.0 Å². The smallest absolute Gasteiger partial charge is 0.139 e. The third-order valence-electron chi connectivity index (χ3n) is 17.2. The van der Waals surface area contributed by atoms with E-state index in [1.165, 1.54) is 169 Å². The molecule has 10 aromatic carbocycles. The molecule has 16 heteroatoms. The van der Waals surface area contributed by atoms with Gasteiger partial charge >= 0.3 is 0 Å². The standard InChI is InChI=1S/C50H45B15O/c51-36-29-27(22-14-19(12-18-8-3-4-9-20(18)22)21-10-5-11-24-26(21)23-13-16-6-1-2-7-17(16)15-25(23)66-24)30-32(40(55)48(63)46(61)37(30)52)28(31(29)39(54)47(62)45(36)60)33-34-35(42(57)44(59)38(33)53)43(58)50(65)49(64)41(34)56/h1-15H,51-65H2. The Morgan fingerprint density at radius 1 is 0.258 bits per heavy atom. The van der Waals surface area contributed by atoms with Crippen LogP contribution in [0.25, 0.3) is 109 Å². The summed E-state index contributed by atoms with van der Waals surface area (Å²) in [5.41, 5.74) is 30.3.